The molecule has 0 radical (unpaired) electrons. The van der Waals surface area contributed by atoms with Crippen LogP contribution in [0.25, 0.3) is 5.65 Å². The summed E-state index contributed by atoms with van der Waals surface area (Å²) in [6, 6.07) is 5.57. The van der Waals surface area contributed by atoms with E-state index < -0.39 is 0 Å². The summed E-state index contributed by atoms with van der Waals surface area (Å²) in [4.78, 5) is 26.4. The van der Waals surface area contributed by atoms with Crippen LogP contribution < -0.4 is 16.4 Å². The SMILES string of the molecule is Cc1cn2nc([C@@H]3CCCCN3C(=O)c3cccnc3N)cc2nc1N1CC[C@H](N)C1. The highest BCUT2D eigenvalue weighted by atomic mass is 16.2. The number of nitrogens with zero attached hydrogens (tertiary/aromatic N) is 6. The van der Waals surface area contributed by atoms with E-state index in [1.54, 1.807) is 18.3 Å². The molecule has 4 N–H and O–H groups in total. The van der Waals surface area contributed by atoms with Crippen molar-refractivity contribution in [1.29, 1.82) is 0 Å². The van der Waals surface area contributed by atoms with Crippen LogP contribution in [0.15, 0.2) is 30.6 Å². The molecule has 3 aromatic heterocycles. The van der Waals surface area contributed by atoms with E-state index in [1.807, 2.05) is 21.7 Å². The Bertz CT molecular complexity index is 1130. The normalized spacial score (nSPS) is 21.7. The molecule has 9 heteroatoms. The van der Waals surface area contributed by atoms with E-state index in [4.69, 9.17) is 21.5 Å². The van der Waals surface area contributed by atoms with Gasteiger partial charge in [-0.15, -0.1) is 0 Å². The summed E-state index contributed by atoms with van der Waals surface area (Å²) in [5.41, 5.74) is 15.2. The Balaban J connectivity index is 1.48. The quantitative estimate of drug-likeness (QED) is 0.664. The molecule has 9 nitrogen and oxygen atoms in total. The number of hydrogen-bond acceptors (Lipinski definition) is 7. The summed E-state index contributed by atoms with van der Waals surface area (Å²) in [5.74, 6) is 1.13. The van der Waals surface area contributed by atoms with Gasteiger partial charge in [-0.25, -0.2) is 14.5 Å². The Hall–Kier alpha value is -3.20. The molecule has 5 heterocycles. The van der Waals surface area contributed by atoms with Gasteiger partial charge in [0.25, 0.3) is 5.91 Å². The van der Waals surface area contributed by atoms with E-state index in [0.717, 1.165) is 61.5 Å². The maximum Gasteiger partial charge on any atom is 0.258 e. The molecule has 3 aromatic rings. The fraction of sp³-hybridized carbons (Fsp3) is 0.455. The molecule has 0 bridgehead atoms. The van der Waals surface area contributed by atoms with Crippen molar-refractivity contribution in [3.8, 4) is 0 Å². The zero-order chi connectivity index (χ0) is 21.5. The number of pyridine rings is 1. The molecule has 162 valence electrons. The minimum atomic E-state index is -0.105. The van der Waals surface area contributed by atoms with Gasteiger partial charge >= 0.3 is 0 Å². The number of aryl methyl sites for hydroxylation is 1. The molecular formula is C22H28N8O. The zero-order valence-corrected chi connectivity index (χ0v) is 17.7. The van der Waals surface area contributed by atoms with Crippen LogP contribution >= 0.6 is 0 Å². The van der Waals surface area contributed by atoms with Crippen LogP contribution in [0.4, 0.5) is 11.6 Å². The Kier molecular flexibility index (Phi) is 4.97. The second-order valence-corrected chi connectivity index (χ2v) is 8.56. The number of aromatic nitrogens is 4. The van der Waals surface area contributed by atoms with E-state index >= 15 is 0 Å². The van der Waals surface area contributed by atoms with E-state index in [0.29, 0.717) is 12.1 Å². The molecule has 2 atom stereocenters. The molecule has 1 amide bonds. The number of nitrogens with two attached hydrogens (primary N) is 2. The van der Waals surface area contributed by atoms with Gasteiger partial charge in [-0.05, 0) is 44.7 Å². The lowest BCUT2D eigenvalue weighted by atomic mass is 9.98. The van der Waals surface area contributed by atoms with Gasteiger partial charge in [-0.1, -0.05) is 0 Å². The highest BCUT2D eigenvalue weighted by Gasteiger charge is 2.32. The Labute approximate surface area is 181 Å². The summed E-state index contributed by atoms with van der Waals surface area (Å²) in [7, 11) is 0. The van der Waals surface area contributed by atoms with Crippen LogP contribution in [0, 0.1) is 6.92 Å². The minimum absolute atomic E-state index is 0.0942. The number of anilines is 2. The number of hydrogen-bond donors (Lipinski definition) is 2. The zero-order valence-electron chi connectivity index (χ0n) is 17.7. The molecule has 0 aromatic carbocycles. The predicted octanol–water partition coefficient (Wildman–Crippen LogP) is 1.92. The van der Waals surface area contributed by atoms with Gasteiger partial charge in [0.2, 0.25) is 0 Å². The number of fused-ring (bicyclic) bond motifs is 1. The predicted molar refractivity (Wildman–Crippen MR) is 119 cm³/mol. The maximum absolute atomic E-state index is 13.3. The first-order valence-corrected chi connectivity index (χ1v) is 10.9. The van der Waals surface area contributed by atoms with E-state index in [1.165, 1.54) is 0 Å². The summed E-state index contributed by atoms with van der Waals surface area (Å²) < 4.78 is 1.82. The first-order valence-electron chi connectivity index (χ1n) is 10.9. The molecule has 5 rings (SSSR count). The Morgan fingerprint density at radius 3 is 2.87 bits per heavy atom. The average molecular weight is 421 g/mol. The minimum Gasteiger partial charge on any atom is -0.383 e. The molecular weight excluding hydrogens is 392 g/mol. The summed E-state index contributed by atoms with van der Waals surface area (Å²) >= 11 is 0. The van der Waals surface area contributed by atoms with Gasteiger partial charge in [0.1, 0.15) is 11.6 Å². The van der Waals surface area contributed by atoms with Gasteiger partial charge in [-0.3, -0.25) is 4.79 Å². The van der Waals surface area contributed by atoms with Crippen molar-refractivity contribution < 1.29 is 4.79 Å². The van der Waals surface area contributed by atoms with Gasteiger partial charge < -0.3 is 21.3 Å². The molecule has 2 fully saturated rings. The number of carbonyl (C=O) groups is 1. The van der Waals surface area contributed by atoms with Crippen molar-refractivity contribution in [3.05, 3.63) is 47.4 Å². The number of piperidine rings is 1. The molecule has 0 saturated carbocycles. The fourth-order valence-corrected chi connectivity index (χ4v) is 4.72. The molecule has 0 spiro atoms. The summed E-state index contributed by atoms with van der Waals surface area (Å²) in [6.45, 7) is 4.47. The number of likely N-dealkylation sites (tertiary alicyclic amines) is 1. The van der Waals surface area contributed by atoms with Crippen LogP contribution in [-0.4, -0.2) is 56.1 Å². The second kappa shape index (κ2) is 7.81. The van der Waals surface area contributed by atoms with Crippen LogP contribution in [0.2, 0.25) is 0 Å². The lowest BCUT2D eigenvalue weighted by Crippen LogP contribution is -2.39. The second-order valence-electron chi connectivity index (χ2n) is 8.56. The van der Waals surface area contributed by atoms with Gasteiger partial charge in [0.05, 0.1) is 17.3 Å². The maximum atomic E-state index is 13.3. The van der Waals surface area contributed by atoms with E-state index in [2.05, 4.69) is 16.8 Å². The summed E-state index contributed by atoms with van der Waals surface area (Å²) in [6.07, 6.45) is 7.47. The summed E-state index contributed by atoms with van der Waals surface area (Å²) in [5, 5.41) is 4.80. The molecule has 31 heavy (non-hydrogen) atoms. The number of amides is 1. The van der Waals surface area contributed by atoms with Crippen molar-refractivity contribution in [1.82, 2.24) is 24.5 Å². The average Bonchev–Trinajstić information content (AvgIpc) is 3.38. The fourth-order valence-electron chi connectivity index (χ4n) is 4.72. The van der Waals surface area contributed by atoms with Crippen molar-refractivity contribution in [3.63, 3.8) is 0 Å². The van der Waals surface area contributed by atoms with Crippen LogP contribution in [0.5, 0.6) is 0 Å². The molecule has 0 unspecified atom stereocenters. The first-order chi connectivity index (χ1) is 15.0. The number of rotatable bonds is 3. The third-order valence-electron chi connectivity index (χ3n) is 6.32. The van der Waals surface area contributed by atoms with Gasteiger partial charge in [0.15, 0.2) is 5.65 Å². The van der Waals surface area contributed by atoms with E-state index in [9.17, 15) is 4.79 Å². The number of nitrogen functional groups attached to an aromatic ring is 1. The van der Waals surface area contributed by atoms with Gasteiger partial charge in [-0.2, -0.15) is 5.10 Å². The lowest BCUT2D eigenvalue weighted by molar-refractivity contribution is 0.0606. The largest absolute Gasteiger partial charge is 0.383 e. The smallest absolute Gasteiger partial charge is 0.258 e. The topological polar surface area (TPSA) is 119 Å². The monoisotopic (exact) mass is 420 g/mol. The van der Waals surface area contributed by atoms with Crippen molar-refractivity contribution in [2.24, 2.45) is 5.73 Å². The third-order valence-corrected chi connectivity index (χ3v) is 6.32. The third kappa shape index (κ3) is 3.59. The van der Waals surface area contributed by atoms with Crippen LogP contribution in [-0.2, 0) is 0 Å². The highest BCUT2D eigenvalue weighted by Crippen LogP contribution is 2.33. The van der Waals surface area contributed by atoms with Crippen molar-refractivity contribution in [2.45, 2.75) is 44.7 Å². The molecule has 0 aliphatic carbocycles. The van der Waals surface area contributed by atoms with Crippen LogP contribution in [0.3, 0.4) is 0 Å². The molecule has 2 saturated heterocycles. The number of carbonyl (C=O) groups excluding carboxylic acids is 1. The van der Waals surface area contributed by atoms with Gasteiger partial charge in [0, 0.05) is 49.7 Å². The van der Waals surface area contributed by atoms with Crippen molar-refractivity contribution >= 4 is 23.2 Å². The Morgan fingerprint density at radius 2 is 2.10 bits per heavy atom. The first kappa shape index (κ1) is 19.7. The van der Waals surface area contributed by atoms with Crippen molar-refractivity contribution in [2.75, 3.05) is 30.3 Å². The molecule has 2 aliphatic rings. The van der Waals surface area contributed by atoms with Crippen LogP contribution in [0.1, 0.15) is 53.3 Å². The molecule has 2 aliphatic heterocycles. The standard InChI is InChI=1S/C22H28N8O/c1-14-12-30-19(26-21(14)28-10-7-15(23)13-28)11-17(27-30)18-6-2-3-9-29(18)22(31)16-5-4-8-25-20(16)24/h4-5,8,11-12,15,18H,2-3,6-7,9-10,13,23H2,1H3,(H2,24,25)/t15-,18-/m0/s1. The van der Waals surface area contributed by atoms with E-state index in [-0.39, 0.29) is 23.8 Å². The lowest BCUT2D eigenvalue weighted by Gasteiger charge is -2.34. The Morgan fingerprint density at radius 1 is 1.23 bits per heavy atom. The highest BCUT2D eigenvalue weighted by molar-refractivity contribution is 5.98.